The van der Waals surface area contributed by atoms with Crippen molar-refractivity contribution in [3.8, 4) is 5.82 Å². The molecule has 0 saturated carbocycles. The van der Waals surface area contributed by atoms with Crippen LogP contribution in [-0.4, -0.2) is 20.4 Å². The van der Waals surface area contributed by atoms with E-state index in [1.807, 2.05) is 6.07 Å². The highest BCUT2D eigenvalue weighted by Gasteiger charge is 1.98. The minimum atomic E-state index is -0.104. The van der Waals surface area contributed by atoms with Gasteiger partial charge in [-0.15, -0.1) is 0 Å². The summed E-state index contributed by atoms with van der Waals surface area (Å²) in [5.41, 5.74) is 0.686. The fourth-order valence-electron chi connectivity index (χ4n) is 1.21. The quantitative estimate of drug-likeness (QED) is 0.796. The van der Waals surface area contributed by atoms with Crippen molar-refractivity contribution in [2.45, 2.75) is 6.92 Å². The first-order valence-electron chi connectivity index (χ1n) is 4.48. The van der Waals surface area contributed by atoms with Gasteiger partial charge in [0.2, 0.25) is 5.91 Å². The lowest BCUT2D eigenvalue weighted by molar-refractivity contribution is -0.114. The van der Waals surface area contributed by atoms with Gasteiger partial charge in [0.05, 0.1) is 11.9 Å². The summed E-state index contributed by atoms with van der Waals surface area (Å²) in [5.74, 6) is 0.661. The van der Waals surface area contributed by atoms with Gasteiger partial charge in [0.1, 0.15) is 12.1 Å². The molecule has 0 atom stereocenters. The number of rotatable bonds is 2. The van der Waals surface area contributed by atoms with Gasteiger partial charge in [-0.1, -0.05) is 0 Å². The Morgan fingerprint density at radius 2 is 2.33 bits per heavy atom. The number of carbonyl (C=O) groups excluding carboxylic acids is 1. The van der Waals surface area contributed by atoms with Gasteiger partial charge in [0.25, 0.3) is 0 Å². The largest absolute Gasteiger partial charge is 0.325 e. The van der Waals surface area contributed by atoms with Gasteiger partial charge in [-0.25, -0.2) is 9.97 Å². The Hall–Kier alpha value is -2.17. The molecule has 0 saturated heterocycles. The zero-order valence-electron chi connectivity index (χ0n) is 8.21. The van der Waals surface area contributed by atoms with Crippen LogP contribution in [0.4, 0.5) is 5.69 Å². The SMILES string of the molecule is CC(=O)Nc1ccc(-n2ccnc2)nc1. The molecule has 0 aliphatic carbocycles. The molecule has 0 fully saturated rings. The number of hydrogen-bond acceptors (Lipinski definition) is 3. The molecule has 5 heteroatoms. The monoisotopic (exact) mass is 202 g/mol. The number of anilines is 1. The molecule has 1 amide bonds. The number of nitrogens with one attached hydrogen (secondary N) is 1. The van der Waals surface area contributed by atoms with Crippen LogP contribution in [0.2, 0.25) is 0 Å². The van der Waals surface area contributed by atoms with Crippen LogP contribution in [0.1, 0.15) is 6.92 Å². The topological polar surface area (TPSA) is 59.8 Å². The maximum absolute atomic E-state index is 10.8. The number of carbonyl (C=O) groups is 1. The third-order valence-electron chi connectivity index (χ3n) is 1.84. The minimum absolute atomic E-state index is 0.104. The first kappa shape index (κ1) is 9.39. The van der Waals surface area contributed by atoms with E-state index in [2.05, 4.69) is 15.3 Å². The normalized spacial score (nSPS) is 9.93. The number of amides is 1. The van der Waals surface area contributed by atoms with Crippen LogP contribution in [0.15, 0.2) is 37.1 Å². The van der Waals surface area contributed by atoms with E-state index in [9.17, 15) is 4.79 Å². The first-order valence-corrected chi connectivity index (χ1v) is 4.48. The number of hydrogen-bond donors (Lipinski definition) is 1. The standard InChI is InChI=1S/C10H10N4O/c1-8(15)13-9-2-3-10(12-6-9)14-5-4-11-7-14/h2-7H,1H3,(H,13,15). The highest BCUT2D eigenvalue weighted by Crippen LogP contribution is 2.08. The molecule has 2 heterocycles. The number of pyridine rings is 1. The van der Waals surface area contributed by atoms with E-state index in [0.717, 1.165) is 5.82 Å². The molecule has 5 nitrogen and oxygen atoms in total. The lowest BCUT2D eigenvalue weighted by Gasteiger charge is -2.03. The Morgan fingerprint density at radius 3 is 2.87 bits per heavy atom. The highest BCUT2D eigenvalue weighted by molar-refractivity contribution is 5.88. The summed E-state index contributed by atoms with van der Waals surface area (Å²) in [5, 5.41) is 2.65. The molecule has 15 heavy (non-hydrogen) atoms. The zero-order valence-corrected chi connectivity index (χ0v) is 8.21. The summed E-state index contributed by atoms with van der Waals surface area (Å²) in [6, 6.07) is 3.61. The van der Waals surface area contributed by atoms with Crippen LogP contribution in [0, 0.1) is 0 Å². The van der Waals surface area contributed by atoms with E-state index >= 15 is 0 Å². The predicted octanol–water partition coefficient (Wildman–Crippen LogP) is 1.23. The maximum atomic E-state index is 10.8. The van der Waals surface area contributed by atoms with Gasteiger partial charge in [0, 0.05) is 19.3 Å². The Labute approximate surface area is 86.8 Å². The van der Waals surface area contributed by atoms with Crippen molar-refractivity contribution in [1.29, 1.82) is 0 Å². The van der Waals surface area contributed by atoms with Gasteiger partial charge < -0.3 is 5.32 Å². The molecule has 2 rings (SSSR count). The summed E-state index contributed by atoms with van der Waals surface area (Å²) in [4.78, 5) is 18.9. The second-order valence-electron chi connectivity index (χ2n) is 3.06. The van der Waals surface area contributed by atoms with Crippen molar-refractivity contribution in [3.05, 3.63) is 37.1 Å². The predicted molar refractivity (Wildman–Crippen MR) is 55.7 cm³/mol. The Morgan fingerprint density at radius 1 is 1.47 bits per heavy atom. The second-order valence-corrected chi connectivity index (χ2v) is 3.06. The fraction of sp³-hybridized carbons (Fsp3) is 0.100. The molecule has 2 aromatic heterocycles. The Bertz CT molecular complexity index is 447. The number of aromatic nitrogens is 3. The van der Waals surface area contributed by atoms with Gasteiger partial charge in [-0.2, -0.15) is 0 Å². The molecule has 0 aliphatic rings. The van der Waals surface area contributed by atoms with Crippen LogP contribution < -0.4 is 5.32 Å². The van der Waals surface area contributed by atoms with Crippen molar-refractivity contribution in [2.24, 2.45) is 0 Å². The van der Waals surface area contributed by atoms with Gasteiger partial charge >= 0.3 is 0 Å². The first-order chi connectivity index (χ1) is 7.25. The molecule has 0 bridgehead atoms. The van der Waals surface area contributed by atoms with Crippen LogP contribution in [0.3, 0.4) is 0 Å². The summed E-state index contributed by atoms with van der Waals surface area (Å²) < 4.78 is 1.79. The summed E-state index contributed by atoms with van der Waals surface area (Å²) in [7, 11) is 0. The van der Waals surface area contributed by atoms with Crippen LogP contribution in [0.5, 0.6) is 0 Å². The molecular formula is C10H10N4O. The van der Waals surface area contributed by atoms with E-state index in [-0.39, 0.29) is 5.91 Å². The zero-order chi connectivity index (χ0) is 10.7. The highest BCUT2D eigenvalue weighted by atomic mass is 16.1. The fourth-order valence-corrected chi connectivity index (χ4v) is 1.21. The Kier molecular flexibility index (Phi) is 2.45. The van der Waals surface area contributed by atoms with E-state index in [4.69, 9.17) is 0 Å². The molecule has 0 spiro atoms. The van der Waals surface area contributed by atoms with Gasteiger partial charge in [-0.05, 0) is 12.1 Å². The third-order valence-corrected chi connectivity index (χ3v) is 1.84. The average molecular weight is 202 g/mol. The number of imidazole rings is 1. The van der Waals surface area contributed by atoms with Crippen molar-refractivity contribution >= 4 is 11.6 Å². The number of nitrogens with zero attached hydrogens (tertiary/aromatic N) is 3. The van der Waals surface area contributed by atoms with Gasteiger partial charge in [0.15, 0.2) is 0 Å². The van der Waals surface area contributed by atoms with Crippen LogP contribution in [-0.2, 0) is 4.79 Å². The van der Waals surface area contributed by atoms with Crippen molar-refractivity contribution < 1.29 is 4.79 Å². The van der Waals surface area contributed by atoms with Crippen LogP contribution >= 0.6 is 0 Å². The minimum Gasteiger partial charge on any atom is -0.325 e. The third kappa shape index (κ3) is 2.19. The van der Waals surface area contributed by atoms with Crippen molar-refractivity contribution in [1.82, 2.24) is 14.5 Å². The molecule has 0 aliphatic heterocycles. The smallest absolute Gasteiger partial charge is 0.221 e. The van der Waals surface area contributed by atoms with Crippen LogP contribution in [0.25, 0.3) is 5.82 Å². The van der Waals surface area contributed by atoms with Crippen molar-refractivity contribution in [2.75, 3.05) is 5.32 Å². The van der Waals surface area contributed by atoms with Crippen molar-refractivity contribution in [3.63, 3.8) is 0 Å². The summed E-state index contributed by atoms with van der Waals surface area (Å²) in [6.07, 6.45) is 6.76. The Balaban J connectivity index is 2.21. The lowest BCUT2D eigenvalue weighted by Crippen LogP contribution is -2.06. The molecule has 0 unspecified atom stereocenters. The summed E-state index contributed by atoms with van der Waals surface area (Å²) in [6.45, 7) is 1.46. The maximum Gasteiger partial charge on any atom is 0.221 e. The van der Waals surface area contributed by atoms with Gasteiger partial charge in [-0.3, -0.25) is 9.36 Å². The average Bonchev–Trinajstić information content (AvgIpc) is 2.71. The molecule has 1 N–H and O–H groups in total. The lowest BCUT2D eigenvalue weighted by atomic mass is 10.4. The molecule has 76 valence electrons. The molecule has 2 aromatic rings. The van der Waals surface area contributed by atoms with E-state index in [0.29, 0.717) is 5.69 Å². The van der Waals surface area contributed by atoms with E-state index in [1.165, 1.54) is 6.92 Å². The van der Waals surface area contributed by atoms with E-state index < -0.39 is 0 Å². The second kappa shape index (κ2) is 3.91. The molecule has 0 aromatic carbocycles. The molecule has 0 radical (unpaired) electrons. The summed E-state index contributed by atoms with van der Waals surface area (Å²) >= 11 is 0. The van der Waals surface area contributed by atoms with E-state index in [1.54, 1.807) is 35.6 Å². The molecular weight excluding hydrogens is 192 g/mol.